The molecule has 1 aliphatic heterocycles. The van der Waals surface area contributed by atoms with Crippen molar-refractivity contribution in [3.05, 3.63) is 53.6 Å². The fraction of sp³-hybridized carbons (Fsp3) is 0.263. The number of rotatable bonds is 4. The minimum atomic E-state index is -0.349. The van der Waals surface area contributed by atoms with Gasteiger partial charge in [-0.05, 0) is 54.4 Å². The number of carbonyl (C=O) groups is 2. The van der Waals surface area contributed by atoms with Crippen molar-refractivity contribution in [1.29, 1.82) is 0 Å². The second-order valence-electron chi connectivity index (χ2n) is 5.99. The van der Waals surface area contributed by atoms with Gasteiger partial charge in [-0.25, -0.2) is 4.79 Å². The molecule has 0 spiro atoms. The fourth-order valence-corrected chi connectivity index (χ4v) is 3.00. The molecule has 0 radical (unpaired) electrons. The van der Waals surface area contributed by atoms with E-state index in [1.807, 2.05) is 26.1 Å². The third kappa shape index (κ3) is 3.31. The van der Waals surface area contributed by atoms with E-state index in [1.54, 1.807) is 4.90 Å². The van der Waals surface area contributed by atoms with Crippen LogP contribution in [0.1, 0.15) is 17.5 Å². The number of hydrogen-bond donors (Lipinski definition) is 2. The number of nitrogens with zero attached hydrogens (tertiary/aromatic N) is 1. The van der Waals surface area contributed by atoms with Crippen molar-refractivity contribution in [3.8, 4) is 11.1 Å². The lowest BCUT2D eigenvalue weighted by atomic mass is 10.00. The molecular weight excluding hydrogens is 302 g/mol. The van der Waals surface area contributed by atoms with E-state index in [0.29, 0.717) is 13.0 Å². The number of urea groups is 1. The Morgan fingerprint density at radius 1 is 1.12 bits per heavy atom. The van der Waals surface area contributed by atoms with Gasteiger partial charge < -0.3 is 5.32 Å². The average molecular weight is 323 g/mol. The highest BCUT2D eigenvalue weighted by Crippen LogP contribution is 2.28. The summed E-state index contributed by atoms with van der Waals surface area (Å²) >= 11 is 0. The van der Waals surface area contributed by atoms with Crippen LogP contribution in [0.25, 0.3) is 11.1 Å². The van der Waals surface area contributed by atoms with Gasteiger partial charge >= 0.3 is 6.03 Å². The molecule has 1 fully saturated rings. The first kappa shape index (κ1) is 16.2. The molecule has 0 saturated carbocycles. The fourth-order valence-electron chi connectivity index (χ4n) is 3.00. The summed E-state index contributed by atoms with van der Waals surface area (Å²) < 4.78 is 0. The molecule has 3 rings (SSSR count). The predicted octanol–water partition coefficient (Wildman–Crippen LogP) is 2.83. The summed E-state index contributed by atoms with van der Waals surface area (Å²) in [6, 6.07) is 14.1. The van der Waals surface area contributed by atoms with Crippen molar-refractivity contribution < 1.29 is 9.59 Å². The number of hydrogen-bond acceptors (Lipinski definition) is 3. The quantitative estimate of drug-likeness (QED) is 0.909. The SMILES string of the molecule is CNCc1cccc(-c2ccc(N3CCC(=O)NC3=O)c(C)c2)c1. The number of carbonyl (C=O) groups excluding carboxylic acids is 2. The van der Waals surface area contributed by atoms with Crippen LogP contribution in [0.15, 0.2) is 42.5 Å². The maximum Gasteiger partial charge on any atom is 0.328 e. The second-order valence-corrected chi connectivity index (χ2v) is 5.99. The first-order chi connectivity index (χ1) is 11.6. The highest BCUT2D eigenvalue weighted by Gasteiger charge is 2.25. The van der Waals surface area contributed by atoms with E-state index in [1.165, 1.54) is 5.56 Å². The zero-order chi connectivity index (χ0) is 17.1. The summed E-state index contributed by atoms with van der Waals surface area (Å²) in [6.07, 6.45) is 0.332. The molecule has 0 atom stereocenters. The smallest absolute Gasteiger partial charge is 0.316 e. The van der Waals surface area contributed by atoms with E-state index in [-0.39, 0.29) is 11.9 Å². The molecule has 5 heteroatoms. The molecule has 0 bridgehead atoms. The topological polar surface area (TPSA) is 61.4 Å². The lowest BCUT2D eigenvalue weighted by Gasteiger charge is -2.28. The van der Waals surface area contributed by atoms with Crippen LogP contribution < -0.4 is 15.5 Å². The van der Waals surface area contributed by atoms with Gasteiger partial charge in [0.15, 0.2) is 0 Å². The molecule has 2 aromatic rings. The lowest BCUT2D eigenvalue weighted by molar-refractivity contribution is -0.120. The van der Waals surface area contributed by atoms with Crippen molar-refractivity contribution in [2.45, 2.75) is 19.9 Å². The number of anilines is 1. The molecule has 5 nitrogen and oxygen atoms in total. The van der Waals surface area contributed by atoms with Gasteiger partial charge in [0.2, 0.25) is 5.91 Å². The number of nitrogens with one attached hydrogen (secondary N) is 2. The maximum atomic E-state index is 12.0. The van der Waals surface area contributed by atoms with Gasteiger partial charge in [-0.1, -0.05) is 24.3 Å². The van der Waals surface area contributed by atoms with E-state index in [2.05, 4.69) is 41.0 Å². The minimum Gasteiger partial charge on any atom is -0.316 e. The van der Waals surface area contributed by atoms with Gasteiger partial charge in [-0.3, -0.25) is 15.0 Å². The third-order valence-electron chi connectivity index (χ3n) is 4.18. The minimum absolute atomic E-state index is 0.216. The Kier molecular flexibility index (Phi) is 4.62. The largest absolute Gasteiger partial charge is 0.328 e. The van der Waals surface area contributed by atoms with Gasteiger partial charge in [0.1, 0.15) is 0 Å². The van der Waals surface area contributed by atoms with Crippen molar-refractivity contribution in [2.24, 2.45) is 0 Å². The molecular formula is C19H21N3O2. The van der Waals surface area contributed by atoms with Crippen LogP contribution in [0.3, 0.4) is 0 Å². The van der Waals surface area contributed by atoms with Crippen LogP contribution >= 0.6 is 0 Å². The third-order valence-corrected chi connectivity index (χ3v) is 4.18. The van der Waals surface area contributed by atoms with Crippen molar-refractivity contribution >= 4 is 17.6 Å². The molecule has 124 valence electrons. The summed E-state index contributed by atoms with van der Waals surface area (Å²) in [4.78, 5) is 24.9. The molecule has 1 aliphatic rings. The Balaban J connectivity index is 1.88. The van der Waals surface area contributed by atoms with Crippen LogP contribution in [-0.4, -0.2) is 25.5 Å². The van der Waals surface area contributed by atoms with Crippen LogP contribution in [0.4, 0.5) is 10.5 Å². The first-order valence-corrected chi connectivity index (χ1v) is 8.04. The van der Waals surface area contributed by atoms with E-state index < -0.39 is 0 Å². The molecule has 24 heavy (non-hydrogen) atoms. The molecule has 0 unspecified atom stereocenters. The van der Waals surface area contributed by atoms with E-state index in [4.69, 9.17) is 0 Å². The average Bonchev–Trinajstić information content (AvgIpc) is 2.56. The lowest BCUT2D eigenvalue weighted by Crippen LogP contribution is -2.49. The first-order valence-electron chi connectivity index (χ1n) is 8.04. The monoisotopic (exact) mass is 323 g/mol. The standard InChI is InChI=1S/C19H21N3O2/c1-13-10-16(15-5-3-4-14(11-15)12-20-2)6-7-17(13)22-9-8-18(23)21-19(22)24/h3-7,10-11,20H,8-9,12H2,1-2H3,(H,21,23,24). The highest BCUT2D eigenvalue weighted by molar-refractivity contribution is 6.06. The van der Waals surface area contributed by atoms with Crippen molar-refractivity contribution in [3.63, 3.8) is 0 Å². The summed E-state index contributed by atoms with van der Waals surface area (Å²) in [5.41, 5.74) is 5.34. The number of aryl methyl sites for hydroxylation is 1. The summed E-state index contributed by atoms with van der Waals surface area (Å²) in [5, 5.41) is 5.52. The Labute approximate surface area is 141 Å². The van der Waals surface area contributed by atoms with Crippen molar-refractivity contribution in [2.75, 3.05) is 18.5 Å². The highest BCUT2D eigenvalue weighted by atomic mass is 16.2. The molecule has 0 aliphatic carbocycles. The van der Waals surface area contributed by atoms with Crippen LogP contribution in [0.2, 0.25) is 0 Å². The Bertz CT molecular complexity index is 786. The molecule has 2 aromatic carbocycles. The van der Waals surface area contributed by atoms with E-state index in [0.717, 1.165) is 28.9 Å². The van der Waals surface area contributed by atoms with E-state index >= 15 is 0 Å². The van der Waals surface area contributed by atoms with Gasteiger partial charge in [0.25, 0.3) is 0 Å². The zero-order valence-electron chi connectivity index (χ0n) is 13.9. The normalized spacial score (nSPS) is 14.7. The Hall–Kier alpha value is -2.66. The van der Waals surface area contributed by atoms with Gasteiger partial charge in [0, 0.05) is 25.2 Å². The van der Waals surface area contributed by atoms with E-state index in [9.17, 15) is 9.59 Å². The molecule has 1 saturated heterocycles. The van der Waals surface area contributed by atoms with Crippen LogP contribution in [0.5, 0.6) is 0 Å². The summed E-state index contributed by atoms with van der Waals surface area (Å²) in [5.74, 6) is -0.216. The predicted molar refractivity (Wildman–Crippen MR) is 94.9 cm³/mol. The van der Waals surface area contributed by atoms with Crippen LogP contribution in [0, 0.1) is 6.92 Å². The van der Waals surface area contributed by atoms with Gasteiger partial charge in [-0.15, -0.1) is 0 Å². The number of imide groups is 1. The number of benzene rings is 2. The molecule has 1 heterocycles. The Morgan fingerprint density at radius 3 is 2.62 bits per heavy atom. The molecule has 0 aromatic heterocycles. The summed E-state index contributed by atoms with van der Waals surface area (Å²) in [7, 11) is 1.93. The second kappa shape index (κ2) is 6.84. The zero-order valence-corrected chi connectivity index (χ0v) is 13.9. The maximum absolute atomic E-state index is 12.0. The summed E-state index contributed by atoms with van der Waals surface area (Å²) in [6.45, 7) is 3.23. The Morgan fingerprint density at radius 2 is 1.92 bits per heavy atom. The molecule has 2 N–H and O–H groups in total. The molecule has 3 amide bonds. The van der Waals surface area contributed by atoms with Crippen LogP contribution in [-0.2, 0) is 11.3 Å². The van der Waals surface area contributed by atoms with Crippen molar-refractivity contribution in [1.82, 2.24) is 10.6 Å². The number of amides is 3. The van der Waals surface area contributed by atoms with Gasteiger partial charge in [-0.2, -0.15) is 0 Å². The van der Waals surface area contributed by atoms with Gasteiger partial charge in [0.05, 0.1) is 0 Å².